The third kappa shape index (κ3) is 6.74. The lowest BCUT2D eigenvalue weighted by atomic mass is 10.1. The molecule has 1 saturated heterocycles. The van der Waals surface area contributed by atoms with Crippen molar-refractivity contribution in [2.45, 2.75) is 19.8 Å². The van der Waals surface area contributed by atoms with Crippen LogP contribution in [0, 0.1) is 5.92 Å². The SMILES string of the molecule is CCNC(=NCC1CCN(c2ccccc2)C1)NCCc1cccc(C(=O)N(C)C)c1. The van der Waals surface area contributed by atoms with E-state index in [1.165, 1.54) is 12.1 Å². The molecule has 0 spiro atoms. The summed E-state index contributed by atoms with van der Waals surface area (Å²) in [5.74, 6) is 1.47. The van der Waals surface area contributed by atoms with Gasteiger partial charge in [-0.1, -0.05) is 30.3 Å². The highest BCUT2D eigenvalue weighted by Gasteiger charge is 2.22. The summed E-state index contributed by atoms with van der Waals surface area (Å²) in [7, 11) is 3.55. The van der Waals surface area contributed by atoms with Crippen LogP contribution in [0.4, 0.5) is 5.69 Å². The fourth-order valence-electron chi connectivity index (χ4n) is 3.86. The van der Waals surface area contributed by atoms with Gasteiger partial charge in [0.1, 0.15) is 0 Å². The van der Waals surface area contributed by atoms with Gasteiger partial charge in [0.15, 0.2) is 5.96 Å². The van der Waals surface area contributed by atoms with E-state index in [0.717, 1.165) is 56.2 Å². The van der Waals surface area contributed by atoms with Gasteiger partial charge >= 0.3 is 0 Å². The zero-order valence-electron chi connectivity index (χ0n) is 19.0. The third-order valence-corrected chi connectivity index (χ3v) is 5.55. The average Bonchev–Trinajstić information content (AvgIpc) is 3.27. The van der Waals surface area contributed by atoms with Crippen LogP contribution in [-0.4, -0.2) is 63.6 Å². The van der Waals surface area contributed by atoms with E-state index < -0.39 is 0 Å². The minimum atomic E-state index is 0.0332. The number of benzene rings is 2. The zero-order chi connectivity index (χ0) is 22.1. The number of aliphatic imine (C=N–C) groups is 1. The van der Waals surface area contributed by atoms with Gasteiger partial charge in [-0.05, 0) is 55.5 Å². The van der Waals surface area contributed by atoms with Gasteiger partial charge < -0.3 is 20.4 Å². The maximum absolute atomic E-state index is 12.2. The van der Waals surface area contributed by atoms with Crippen LogP contribution in [0.15, 0.2) is 59.6 Å². The molecule has 6 nitrogen and oxygen atoms in total. The van der Waals surface area contributed by atoms with E-state index in [0.29, 0.717) is 5.92 Å². The van der Waals surface area contributed by atoms with Crippen LogP contribution in [-0.2, 0) is 6.42 Å². The number of carbonyl (C=O) groups is 1. The summed E-state index contributed by atoms with van der Waals surface area (Å²) in [4.78, 5) is 21.1. The first-order valence-corrected chi connectivity index (χ1v) is 11.2. The molecule has 0 bridgehead atoms. The maximum Gasteiger partial charge on any atom is 0.253 e. The number of nitrogens with one attached hydrogen (secondary N) is 2. The van der Waals surface area contributed by atoms with Crippen LogP contribution in [0.3, 0.4) is 0 Å². The lowest BCUT2D eigenvalue weighted by Gasteiger charge is -2.18. The van der Waals surface area contributed by atoms with Crippen molar-refractivity contribution in [3.63, 3.8) is 0 Å². The van der Waals surface area contributed by atoms with Gasteiger partial charge in [0.25, 0.3) is 5.91 Å². The highest BCUT2D eigenvalue weighted by Crippen LogP contribution is 2.23. The highest BCUT2D eigenvalue weighted by atomic mass is 16.2. The largest absolute Gasteiger partial charge is 0.371 e. The summed E-state index contributed by atoms with van der Waals surface area (Å²) in [5, 5.41) is 6.78. The van der Waals surface area contributed by atoms with Crippen LogP contribution in [0.1, 0.15) is 29.3 Å². The molecule has 1 fully saturated rings. The van der Waals surface area contributed by atoms with Gasteiger partial charge in [-0.2, -0.15) is 0 Å². The second-order valence-corrected chi connectivity index (χ2v) is 8.23. The molecule has 0 saturated carbocycles. The summed E-state index contributed by atoms with van der Waals surface area (Å²) in [6.07, 6.45) is 2.01. The Balaban J connectivity index is 1.49. The van der Waals surface area contributed by atoms with Crippen LogP contribution in [0.25, 0.3) is 0 Å². The number of carbonyl (C=O) groups excluding carboxylic acids is 1. The van der Waals surface area contributed by atoms with Crippen molar-refractivity contribution in [3.05, 3.63) is 65.7 Å². The quantitative estimate of drug-likeness (QED) is 0.508. The second-order valence-electron chi connectivity index (χ2n) is 8.23. The topological polar surface area (TPSA) is 60.0 Å². The van der Waals surface area contributed by atoms with Crippen molar-refractivity contribution in [2.24, 2.45) is 10.9 Å². The fourth-order valence-corrected chi connectivity index (χ4v) is 3.86. The van der Waals surface area contributed by atoms with E-state index >= 15 is 0 Å². The minimum Gasteiger partial charge on any atom is -0.371 e. The van der Waals surface area contributed by atoms with Gasteiger partial charge in [-0.3, -0.25) is 9.79 Å². The molecular formula is C25H35N5O. The van der Waals surface area contributed by atoms with Crippen molar-refractivity contribution in [3.8, 4) is 0 Å². The number of para-hydroxylation sites is 1. The number of guanidine groups is 1. The van der Waals surface area contributed by atoms with E-state index in [9.17, 15) is 4.79 Å². The van der Waals surface area contributed by atoms with Gasteiger partial charge in [-0.15, -0.1) is 0 Å². The molecule has 1 heterocycles. The minimum absolute atomic E-state index is 0.0332. The van der Waals surface area contributed by atoms with Crippen molar-refractivity contribution >= 4 is 17.6 Å². The van der Waals surface area contributed by atoms with Crippen molar-refractivity contribution in [1.82, 2.24) is 15.5 Å². The number of hydrogen-bond donors (Lipinski definition) is 2. The number of nitrogens with zero attached hydrogens (tertiary/aromatic N) is 3. The number of amides is 1. The maximum atomic E-state index is 12.2. The van der Waals surface area contributed by atoms with Gasteiger partial charge in [0.05, 0.1) is 0 Å². The van der Waals surface area contributed by atoms with Crippen LogP contribution >= 0.6 is 0 Å². The Hall–Kier alpha value is -3.02. The van der Waals surface area contributed by atoms with Gasteiger partial charge in [0.2, 0.25) is 0 Å². The molecule has 3 rings (SSSR count). The molecule has 1 aliphatic rings. The Morgan fingerprint density at radius 3 is 2.68 bits per heavy atom. The highest BCUT2D eigenvalue weighted by molar-refractivity contribution is 5.94. The van der Waals surface area contributed by atoms with E-state index in [-0.39, 0.29) is 5.91 Å². The zero-order valence-corrected chi connectivity index (χ0v) is 19.0. The molecule has 1 amide bonds. The van der Waals surface area contributed by atoms with Crippen LogP contribution < -0.4 is 15.5 Å². The predicted molar refractivity (Wildman–Crippen MR) is 129 cm³/mol. The molecule has 2 N–H and O–H groups in total. The van der Waals surface area contributed by atoms with Crippen molar-refractivity contribution in [1.29, 1.82) is 0 Å². The Kier molecular flexibility index (Phi) is 8.33. The molecule has 1 aliphatic heterocycles. The lowest BCUT2D eigenvalue weighted by Crippen LogP contribution is -2.38. The molecule has 166 valence electrons. The fraction of sp³-hybridized carbons (Fsp3) is 0.440. The molecule has 2 aromatic carbocycles. The molecule has 0 radical (unpaired) electrons. The van der Waals surface area contributed by atoms with E-state index in [2.05, 4.69) is 58.9 Å². The average molecular weight is 422 g/mol. The second kappa shape index (κ2) is 11.4. The first kappa shape index (κ1) is 22.7. The first-order chi connectivity index (χ1) is 15.1. The molecule has 6 heteroatoms. The monoisotopic (exact) mass is 421 g/mol. The molecule has 0 aliphatic carbocycles. The number of anilines is 1. The summed E-state index contributed by atoms with van der Waals surface area (Å²) in [5.41, 5.74) is 3.17. The smallest absolute Gasteiger partial charge is 0.253 e. The molecule has 0 aromatic heterocycles. The van der Waals surface area contributed by atoms with Crippen molar-refractivity contribution < 1.29 is 4.79 Å². The molecule has 31 heavy (non-hydrogen) atoms. The lowest BCUT2D eigenvalue weighted by molar-refractivity contribution is 0.0827. The normalized spacial score (nSPS) is 16.3. The van der Waals surface area contributed by atoms with Gasteiger partial charge in [-0.25, -0.2) is 0 Å². The third-order valence-electron chi connectivity index (χ3n) is 5.55. The number of hydrogen-bond acceptors (Lipinski definition) is 3. The molecule has 1 atom stereocenters. The summed E-state index contributed by atoms with van der Waals surface area (Å²) >= 11 is 0. The summed E-state index contributed by atoms with van der Waals surface area (Å²) in [6.45, 7) is 6.66. The molecule has 1 unspecified atom stereocenters. The standard InChI is InChI=1S/C25H35N5O/c1-4-26-25(27-15-13-20-9-8-10-22(17-20)24(31)29(2)3)28-18-21-14-16-30(19-21)23-11-6-5-7-12-23/h5-12,17,21H,4,13-16,18-19H2,1-3H3,(H2,26,27,28). The van der Waals surface area contributed by atoms with E-state index in [4.69, 9.17) is 4.99 Å². The van der Waals surface area contributed by atoms with Crippen molar-refractivity contribution in [2.75, 3.05) is 51.7 Å². The van der Waals surface area contributed by atoms with E-state index in [1.807, 2.05) is 18.2 Å². The summed E-state index contributed by atoms with van der Waals surface area (Å²) < 4.78 is 0. The molecule has 2 aromatic rings. The Labute approximate surface area is 186 Å². The number of rotatable bonds is 8. The van der Waals surface area contributed by atoms with Crippen LogP contribution in [0.5, 0.6) is 0 Å². The van der Waals surface area contributed by atoms with Gasteiger partial charge in [0, 0.05) is 58.1 Å². The predicted octanol–water partition coefficient (Wildman–Crippen LogP) is 3.01. The van der Waals surface area contributed by atoms with Crippen LogP contribution in [0.2, 0.25) is 0 Å². The summed E-state index contributed by atoms with van der Waals surface area (Å²) in [6, 6.07) is 18.5. The Morgan fingerprint density at radius 2 is 1.94 bits per heavy atom. The molecular weight excluding hydrogens is 386 g/mol. The van der Waals surface area contributed by atoms with E-state index in [1.54, 1.807) is 19.0 Å². The Morgan fingerprint density at radius 1 is 1.13 bits per heavy atom. The first-order valence-electron chi connectivity index (χ1n) is 11.2. The Bertz CT molecular complexity index is 865.